The molecule has 0 bridgehead atoms. The first-order valence-electron chi connectivity index (χ1n) is 7.72. The number of methoxy groups -OCH3 is 3. The molecule has 0 aliphatic carbocycles. The van der Waals surface area contributed by atoms with Gasteiger partial charge in [0.2, 0.25) is 5.75 Å². The summed E-state index contributed by atoms with van der Waals surface area (Å²) in [6.07, 6.45) is 0. The van der Waals surface area contributed by atoms with E-state index >= 15 is 0 Å². The molecule has 0 amide bonds. The van der Waals surface area contributed by atoms with Gasteiger partial charge in [-0.15, -0.1) is 0 Å². The predicted octanol–water partition coefficient (Wildman–Crippen LogP) is 1.35. The van der Waals surface area contributed by atoms with Crippen LogP contribution in [0.3, 0.4) is 0 Å². The van der Waals surface area contributed by atoms with Gasteiger partial charge in [0, 0.05) is 44.8 Å². The third-order valence-electron chi connectivity index (χ3n) is 3.93. The second-order valence-electron chi connectivity index (χ2n) is 5.27. The summed E-state index contributed by atoms with van der Waals surface area (Å²) in [5, 5.41) is 2.28. The first-order chi connectivity index (χ1) is 10.7. The van der Waals surface area contributed by atoms with Gasteiger partial charge in [0.25, 0.3) is 0 Å². The Bertz CT molecular complexity index is 474. The van der Waals surface area contributed by atoms with Crippen LogP contribution >= 0.6 is 0 Å². The summed E-state index contributed by atoms with van der Waals surface area (Å²) in [6, 6.07) is 3.99. The van der Waals surface area contributed by atoms with E-state index in [4.69, 9.17) is 14.2 Å². The average Bonchev–Trinajstić information content (AvgIpc) is 2.56. The Balaban J connectivity index is 2.07. The summed E-state index contributed by atoms with van der Waals surface area (Å²) in [6.45, 7) is 8.08. The molecule has 0 unspecified atom stereocenters. The largest absolute Gasteiger partial charge is 0.493 e. The van der Waals surface area contributed by atoms with Crippen LogP contribution in [0.1, 0.15) is 12.5 Å². The lowest BCUT2D eigenvalue weighted by Gasteiger charge is -2.35. The van der Waals surface area contributed by atoms with Gasteiger partial charge >= 0.3 is 0 Å². The molecule has 1 aliphatic heterocycles. The zero-order chi connectivity index (χ0) is 15.9. The third-order valence-corrected chi connectivity index (χ3v) is 3.93. The van der Waals surface area contributed by atoms with Gasteiger partial charge in [-0.25, -0.2) is 5.01 Å². The quantitative estimate of drug-likeness (QED) is 0.820. The molecule has 1 aromatic rings. The van der Waals surface area contributed by atoms with Gasteiger partial charge in [0.15, 0.2) is 11.5 Å². The average molecular weight is 309 g/mol. The molecular weight excluding hydrogens is 282 g/mol. The number of hydrogen-bond acceptors (Lipinski definition) is 6. The normalized spacial score (nSPS) is 16.5. The van der Waals surface area contributed by atoms with Gasteiger partial charge in [-0.1, -0.05) is 13.0 Å². The molecule has 1 heterocycles. The molecule has 2 rings (SSSR count). The lowest BCUT2D eigenvalue weighted by molar-refractivity contribution is 0.0871. The van der Waals surface area contributed by atoms with Crippen molar-refractivity contribution in [2.24, 2.45) is 0 Å². The Morgan fingerprint density at radius 2 is 1.64 bits per heavy atom. The standard InChI is InChI=1S/C16H27N3O3/c1-5-17-19-10-8-18(9-11-19)12-13-6-7-14(20-2)16(22-4)15(13)21-3/h6-7,17H,5,8-12H2,1-4H3. The van der Waals surface area contributed by atoms with E-state index in [1.165, 1.54) is 0 Å². The van der Waals surface area contributed by atoms with Crippen LogP contribution in [-0.2, 0) is 6.54 Å². The number of ether oxygens (including phenoxy) is 3. The van der Waals surface area contributed by atoms with Crippen molar-refractivity contribution in [3.8, 4) is 17.2 Å². The number of benzene rings is 1. The first-order valence-corrected chi connectivity index (χ1v) is 7.72. The number of hydrazine groups is 1. The zero-order valence-electron chi connectivity index (χ0n) is 14.0. The lowest BCUT2D eigenvalue weighted by atomic mass is 10.1. The van der Waals surface area contributed by atoms with E-state index in [1.54, 1.807) is 21.3 Å². The van der Waals surface area contributed by atoms with E-state index < -0.39 is 0 Å². The smallest absolute Gasteiger partial charge is 0.203 e. The van der Waals surface area contributed by atoms with Crippen LogP contribution in [0.15, 0.2) is 12.1 Å². The third kappa shape index (κ3) is 3.82. The van der Waals surface area contributed by atoms with Crippen molar-refractivity contribution in [2.75, 3.05) is 54.1 Å². The molecule has 1 saturated heterocycles. The molecule has 124 valence electrons. The maximum atomic E-state index is 5.56. The highest BCUT2D eigenvalue weighted by Crippen LogP contribution is 2.40. The van der Waals surface area contributed by atoms with Crippen molar-refractivity contribution in [1.82, 2.24) is 15.3 Å². The predicted molar refractivity (Wildman–Crippen MR) is 86.6 cm³/mol. The van der Waals surface area contributed by atoms with Crippen LogP contribution < -0.4 is 19.6 Å². The summed E-state index contributed by atoms with van der Waals surface area (Å²) >= 11 is 0. The number of nitrogens with one attached hydrogen (secondary N) is 1. The van der Waals surface area contributed by atoms with E-state index in [9.17, 15) is 0 Å². The van der Waals surface area contributed by atoms with Gasteiger partial charge in [-0.3, -0.25) is 10.3 Å². The first kappa shape index (κ1) is 16.9. The topological polar surface area (TPSA) is 46.2 Å². The second kappa shape index (κ2) is 8.22. The fourth-order valence-corrected chi connectivity index (χ4v) is 2.82. The molecule has 1 aromatic carbocycles. The number of piperazine rings is 1. The van der Waals surface area contributed by atoms with Crippen molar-refractivity contribution >= 4 is 0 Å². The molecule has 6 nitrogen and oxygen atoms in total. The summed E-state index contributed by atoms with van der Waals surface area (Å²) < 4.78 is 16.3. The molecular formula is C16H27N3O3. The molecule has 0 radical (unpaired) electrons. The molecule has 0 aromatic heterocycles. The van der Waals surface area contributed by atoms with Crippen LogP contribution in [0.4, 0.5) is 0 Å². The van der Waals surface area contributed by atoms with Crippen LogP contribution in [0.5, 0.6) is 17.2 Å². The SMILES string of the molecule is CCNN1CCN(Cc2ccc(OC)c(OC)c2OC)CC1. The highest BCUT2D eigenvalue weighted by Gasteiger charge is 2.20. The van der Waals surface area contributed by atoms with Crippen molar-refractivity contribution in [3.05, 3.63) is 17.7 Å². The highest BCUT2D eigenvalue weighted by atomic mass is 16.5. The van der Waals surface area contributed by atoms with Crippen molar-refractivity contribution < 1.29 is 14.2 Å². The van der Waals surface area contributed by atoms with Crippen LogP contribution in [0.25, 0.3) is 0 Å². The number of nitrogens with zero attached hydrogens (tertiary/aromatic N) is 2. The van der Waals surface area contributed by atoms with E-state index in [0.29, 0.717) is 11.5 Å². The molecule has 0 saturated carbocycles. The van der Waals surface area contributed by atoms with E-state index in [2.05, 4.69) is 28.3 Å². The minimum Gasteiger partial charge on any atom is -0.493 e. The van der Waals surface area contributed by atoms with Gasteiger partial charge in [0.05, 0.1) is 21.3 Å². The minimum atomic E-state index is 0.661. The van der Waals surface area contributed by atoms with E-state index in [0.717, 1.165) is 50.6 Å². The molecule has 1 N–H and O–H groups in total. The van der Waals surface area contributed by atoms with Gasteiger partial charge in [-0.2, -0.15) is 0 Å². The fourth-order valence-electron chi connectivity index (χ4n) is 2.82. The summed E-state index contributed by atoms with van der Waals surface area (Å²) in [7, 11) is 4.94. The molecule has 22 heavy (non-hydrogen) atoms. The maximum Gasteiger partial charge on any atom is 0.203 e. The number of hydrogen-bond donors (Lipinski definition) is 1. The lowest BCUT2D eigenvalue weighted by Crippen LogP contribution is -2.51. The Morgan fingerprint density at radius 1 is 0.955 bits per heavy atom. The minimum absolute atomic E-state index is 0.661. The Kier molecular flexibility index (Phi) is 6.30. The van der Waals surface area contributed by atoms with Gasteiger partial charge in [-0.05, 0) is 6.07 Å². The Labute approximate surface area is 132 Å². The zero-order valence-corrected chi connectivity index (χ0v) is 14.0. The summed E-state index contributed by atoms with van der Waals surface area (Å²) in [4.78, 5) is 2.43. The van der Waals surface area contributed by atoms with E-state index in [-0.39, 0.29) is 0 Å². The van der Waals surface area contributed by atoms with Crippen LogP contribution in [-0.4, -0.2) is 64.0 Å². The Morgan fingerprint density at radius 3 is 2.18 bits per heavy atom. The summed E-state index contributed by atoms with van der Waals surface area (Å²) in [5.41, 5.74) is 4.49. The van der Waals surface area contributed by atoms with E-state index in [1.807, 2.05) is 6.07 Å². The second-order valence-corrected chi connectivity index (χ2v) is 5.27. The van der Waals surface area contributed by atoms with Gasteiger partial charge < -0.3 is 14.2 Å². The van der Waals surface area contributed by atoms with Gasteiger partial charge in [0.1, 0.15) is 0 Å². The Hall–Kier alpha value is -1.50. The molecule has 6 heteroatoms. The van der Waals surface area contributed by atoms with Crippen LogP contribution in [0.2, 0.25) is 0 Å². The van der Waals surface area contributed by atoms with Crippen LogP contribution in [0, 0.1) is 0 Å². The maximum absolute atomic E-state index is 5.56. The molecule has 1 fully saturated rings. The van der Waals surface area contributed by atoms with Crippen molar-refractivity contribution in [1.29, 1.82) is 0 Å². The van der Waals surface area contributed by atoms with Crippen molar-refractivity contribution in [3.63, 3.8) is 0 Å². The summed E-state index contributed by atoms with van der Waals surface area (Å²) in [5.74, 6) is 2.12. The monoisotopic (exact) mass is 309 g/mol. The molecule has 0 spiro atoms. The highest BCUT2D eigenvalue weighted by molar-refractivity contribution is 5.55. The van der Waals surface area contributed by atoms with Crippen molar-refractivity contribution in [2.45, 2.75) is 13.5 Å². The molecule has 0 atom stereocenters. The number of rotatable bonds is 7. The molecule has 1 aliphatic rings. The fraction of sp³-hybridized carbons (Fsp3) is 0.625.